The Hall–Kier alpha value is -2.80. The first-order valence-electron chi connectivity index (χ1n) is 6.96. The molecule has 7 heteroatoms. The molecule has 3 aromatic rings. The molecule has 0 radical (unpaired) electrons. The molecule has 0 bridgehead atoms. The van der Waals surface area contributed by atoms with Crippen LogP contribution in [0.25, 0.3) is 10.8 Å². The fraction of sp³-hybridized carbons (Fsp3) is 0.125. The Balaban J connectivity index is 1.71. The van der Waals surface area contributed by atoms with Crippen molar-refractivity contribution in [2.45, 2.75) is 13.3 Å². The molecular formula is C16H14N4O2S. The fourth-order valence-corrected chi connectivity index (χ4v) is 2.94. The lowest BCUT2D eigenvalue weighted by molar-refractivity contribution is -0.115. The first kappa shape index (κ1) is 15.1. The van der Waals surface area contributed by atoms with Crippen molar-refractivity contribution in [2.24, 2.45) is 0 Å². The maximum atomic E-state index is 12.2. The van der Waals surface area contributed by atoms with Gasteiger partial charge >= 0.3 is 0 Å². The Labute approximate surface area is 136 Å². The smallest absolute Gasteiger partial charge is 0.230 e. The van der Waals surface area contributed by atoms with Crippen LogP contribution in [-0.2, 0) is 16.0 Å². The summed E-state index contributed by atoms with van der Waals surface area (Å²) in [6.07, 6.45) is 3.60. The molecule has 3 rings (SSSR count). The van der Waals surface area contributed by atoms with Gasteiger partial charge in [-0.15, -0.1) is 11.3 Å². The number of thiazole rings is 1. The van der Waals surface area contributed by atoms with Gasteiger partial charge in [-0.2, -0.15) is 0 Å². The Morgan fingerprint density at radius 2 is 2.09 bits per heavy atom. The summed E-state index contributed by atoms with van der Waals surface area (Å²) in [5.74, 6) is -0.339. The van der Waals surface area contributed by atoms with Crippen LogP contribution in [0.2, 0.25) is 0 Å². The minimum absolute atomic E-state index is 0.150. The lowest BCUT2D eigenvalue weighted by Crippen LogP contribution is -2.15. The van der Waals surface area contributed by atoms with E-state index in [4.69, 9.17) is 0 Å². The number of hydrogen-bond acceptors (Lipinski definition) is 5. The summed E-state index contributed by atoms with van der Waals surface area (Å²) in [6, 6.07) is 7.53. The van der Waals surface area contributed by atoms with Gasteiger partial charge in [-0.1, -0.05) is 12.1 Å². The van der Waals surface area contributed by atoms with E-state index in [-0.39, 0.29) is 18.2 Å². The van der Waals surface area contributed by atoms with Gasteiger partial charge in [0.1, 0.15) is 0 Å². The largest absolute Gasteiger partial charge is 0.325 e. The lowest BCUT2D eigenvalue weighted by Gasteiger charge is -2.07. The Morgan fingerprint density at radius 1 is 1.22 bits per heavy atom. The van der Waals surface area contributed by atoms with Crippen molar-refractivity contribution in [1.82, 2.24) is 9.97 Å². The number of nitrogens with one attached hydrogen (secondary N) is 2. The molecule has 2 amide bonds. The topological polar surface area (TPSA) is 84.0 Å². The van der Waals surface area contributed by atoms with E-state index in [0.717, 1.165) is 16.5 Å². The van der Waals surface area contributed by atoms with Gasteiger partial charge in [-0.25, -0.2) is 4.98 Å². The van der Waals surface area contributed by atoms with Crippen LogP contribution >= 0.6 is 11.3 Å². The van der Waals surface area contributed by atoms with Gasteiger partial charge in [0.05, 0.1) is 12.1 Å². The summed E-state index contributed by atoms with van der Waals surface area (Å²) in [6.45, 7) is 1.42. The third kappa shape index (κ3) is 3.70. The average Bonchev–Trinajstić information content (AvgIpc) is 2.93. The van der Waals surface area contributed by atoms with E-state index < -0.39 is 0 Å². The highest BCUT2D eigenvalue weighted by Crippen LogP contribution is 2.22. The van der Waals surface area contributed by atoms with Crippen molar-refractivity contribution in [3.8, 4) is 0 Å². The molecule has 0 aliphatic heterocycles. The molecule has 2 aromatic heterocycles. The van der Waals surface area contributed by atoms with E-state index in [9.17, 15) is 9.59 Å². The highest BCUT2D eigenvalue weighted by Gasteiger charge is 2.10. The number of pyridine rings is 1. The van der Waals surface area contributed by atoms with E-state index in [0.29, 0.717) is 10.8 Å². The second-order valence-corrected chi connectivity index (χ2v) is 5.81. The zero-order valence-electron chi connectivity index (χ0n) is 12.4. The number of amides is 2. The number of carbonyl (C=O) groups excluding carboxylic acids is 2. The van der Waals surface area contributed by atoms with Crippen molar-refractivity contribution in [3.05, 3.63) is 47.7 Å². The summed E-state index contributed by atoms with van der Waals surface area (Å²) < 4.78 is 0. The van der Waals surface area contributed by atoms with Crippen LogP contribution in [0.4, 0.5) is 10.8 Å². The van der Waals surface area contributed by atoms with Gasteiger partial charge in [0.25, 0.3) is 0 Å². The number of nitrogens with zero attached hydrogens (tertiary/aromatic N) is 2. The predicted octanol–water partition coefficient (Wildman–Crippen LogP) is 2.83. The lowest BCUT2D eigenvalue weighted by atomic mass is 10.1. The van der Waals surface area contributed by atoms with Crippen LogP contribution in [0, 0.1) is 0 Å². The van der Waals surface area contributed by atoms with E-state index >= 15 is 0 Å². The van der Waals surface area contributed by atoms with E-state index in [1.165, 1.54) is 18.3 Å². The Morgan fingerprint density at radius 3 is 2.91 bits per heavy atom. The van der Waals surface area contributed by atoms with Crippen molar-refractivity contribution in [3.63, 3.8) is 0 Å². The van der Waals surface area contributed by atoms with Gasteiger partial charge < -0.3 is 10.6 Å². The van der Waals surface area contributed by atoms with Crippen molar-refractivity contribution in [1.29, 1.82) is 0 Å². The molecule has 0 saturated carbocycles. The molecule has 0 atom stereocenters. The van der Waals surface area contributed by atoms with Crippen LogP contribution in [-0.4, -0.2) is 21.8 Å². The highest BCUT2D eigenvalue weighted by molar-refractivity contribution is 7.13. The van der Waals surface area contributed by atoms with E-state index in [2.05, 4.69) is 20.6 Å². The monoisotopic (exact) mass is 326 g/mol. The van der Waals surface area contributed by atoms with E-state index in [1.54, 1.807) is 17.8 Å². The molecule has 6 nitrogen and oxygen atoms in total. The summed E-state index contributed by atoms with van der Waals surface area (Å²) >= 11 is 1.30. The fourth-order valence-electron chi connectivity index (χ4n) is 2.19. The number of carbonyl (C=O) groups is 2. The second kappa shape index (κ2) is 6.53. The average molecular weight is 326 g/mol. The summed E-state index contributed by atoms with van der Waals surface area (Å²) in [5.41, 5.74) is 1.37. The molecule has 116 valence electrons. The van der Waals surface area contributed by atoms with Gasteiger partial charge in [0.15, 0.2) is 5.13 Å². The first-order chi connectivity index (χ1) is 11.1. The first-order valence-corrected chi connectivity index (χ1v) is 7.84. The second-order valence-electron chi connectivity index (χ2n) is 4.95. The molecule has 2 heterocycles. The van der Waals surface area contributed by atoms with Gasteiger partial charge in [-0.3, -0.25) is 14.6 Å². The minimum Gasteiger partial charge on any atom is -0.325 e. The molecule has 0 aliphatic rings. The molecule has 0 spiro atoms. The molecule has 0 fully saturated rings. The van der Waals surface area contributed by atoms with Crippen LogP contribution in [0.3, 0.4) is 0 Å². The summed E-state index contributed by atoms with van der Waals surface area (Å²) in [5, 5.41) is 9.66. The zero-order valence-corrected chi connectivity index (χ0v) is 13.2. The van der Waals surface area contributed by atoms with Crippen molar-refractivity contribution in [2.75, 3.05) is 10.6 Å². The maximum Gasteiger partial charge on any atom is 0.230 e. The predicted molar refractivity (Wildman–Crippen MR) is 90.5 cm³/mol. The number of fused-ring (bicyclic) bond motifs is 1. The minimum atomic E-state index is -0.181. The van der Waals surface area contributed by atoms with Crippen LogP contribution in [0.5, 0.6) is 0 Å². The Kier molecular flexibility index (Phi) is 4.29. The van der Waals surface area contributed by atoms with Crippen LogP contribution in [0.1, 0.15) is 12.6 Å². The summed E-state index contributed by atoms with van der Waals surface area (Å²) in [7, 11) is 0. The van der Waals surface area contributed by atoms with Crippen LogP contribution in [0.15, 0.2) is 42.0 Å². The quantitative estimate of drug-likeness (QED) is 0.772. The molecular weight excluding hydrogens is 312 g/mol. The van der Waals surface area contributed by atoms with Gasteiger partial charge in [0, 0.05) is 41.2 Å². The number of benzene rings is 1. The SMILES string of the molecule is CC(=O)Nc1nc(CC(=O)Nc2cccc3cnccc23)cs1. The maximum absolute atomic E-state index is 12.2. The highest BCUT2D eigenvalue weighted by atomic mass is 32.1. The number of rotatable bonds is 4. The van der Waals surface area contributed by atoms with Gasteiger partial charge in [0.2, 0.25) is 11.8 Å². The Bertz CT molecular complexity index is 870. The number of anilines is 2. The molecule has 0 aliphatic carbocycles. The summed E-state index contributed by atoms with van der Waals surface area (Å²) in [4.78, 5) is 31.5. The van der Waals surface area contributed by atoms with Crippen molar-refractivity contribution >= 4 is 44.7 Å². The molecule has 2 N–H and O–H groups in total. The third-order valence-corrected chi connectivity index (χ3v) is 3.94. The molecule has 23 heavy (non-hydrogen) atoms. The molecule has 1 aromatic carbocycles. The molecule has 0 unspecified atom stereocenters. The molecule has 0 saturated heterocycles. The third-order valence-electron chi connectivity index (χ3n) is 3.13. The number of hydrogen-bond donors (Lipinski definition) is 2. The number of aromatic nitrogens is 2. The van der Waals surface area contributed by atoms with Crippen molar-refractivity contribution < 1.29 is 9.59 Å². The van der Waals surface area contributed by atoms with E-state index in [1.807, 2.05) is 24.3 Å². The standard InChI is InChI=1S/C16H14N4O2S/c1-10(21)18-16-19-12(9-23-16)7-15(22)20-14-4-2-3-11-8-17-6-5-13(11)14/h2-6,8-9H,7H2,1H3,(H,20,22)(H,18,19,21). The normalized spacial score (nSPS) is 10.5. The zero-order chi connectivity index (χ0) is 16.2. The van der Waals surface area contributed by atoms with Crippen LogP contribution < -0.4 is 10.6 Å². The van der Waals surface area contributed by atoms with Gasteiger partial charge in [-0.05, 0) is 12.1 Å².